The molecule has 0 saturated carbocycles. The predicted octanol–water partition coefficient (Wildman–Crippen LogP) is 2.49. The van der Waals surface area contributed by atoms with Crippen molar-refractivity contribution in [3.63, 3.8) is 0 Å². The Morgan fingerprint density at radius 3 is 1.91 bits per heavy atom. The lowest BCUT2D eigenvalue weighted by atomic mass is 9.96. The van der Waals surface area contributed by atoms with Crippen LogP contribution in [0, 0.1) is 0 Å². The van der Waals surface area contributed by atoms with Crippen LogP contribution >= 0.6 is 0 Å². The summed E-state index contributed by atoms with van der Waals surface area (Å²) in [4.78, 5) is 0. The molecule has 0 aliphatic rings. The van der Waals surface area contributed by atoms with Crippen LogP contribution in [0.1, 0.15) is 0 Å². The lowest BCUT2D eigenvalue weighted by Gasteiger charge is -2.15. The van der Waals surface area contributed by atoms with Gasteiger partial charge in [-0.3, -0.25) is 0 Å². The second kappa shape index (κ2) is 4.63. The molecule has 0 fully saturated rings. The monoisotopic (exact) mass is 298 g/mol. The van der Waals surface area contributed by atoms with E-state index in [-0.39, 0.29) is 22.1 Å². The molecule has 0 radical (unpaired) electrons. The Morgan fingerprint density at radius 1 is 0.682 bits per heavy atom. The predicted molar refractivity (Wildman–Crippen MR) is 84.9 cm³/mol. The van der Waals surface area contributed by atoms with Gasteiger partial charge in [0.05, 0.1) is 16.8 Å². The molecule has 0 atom stereocenters. The normalized spacial score (nSPS) is 10.9. The second-order valence-corrected chi connectivity index (χ2v) is 4.93. The minimum Gasteiger partial charge on any atom is -0.504 e. The molecule has 0 aliphatic carbocycles. The van der Waals surface area contributed by atoms with Crippen LogP contribution in [0.25, 0.3) is 21.9 Å². The molecule has 3 rings (SSSR count). The summed E-state index contributed by atoms with van der Waals surface area (Å²) in [5, 5.41) is 39.4. The van der Waals surface area contributed by atoms with Crippen molar-refractivity contribution in [3.8, 4) is 34.1 Å². The summed E-state index contributed by atoms with van der Waals surface area (Å²) in [6.45, 7) is 0. The number of benzene rings is 3. The van der Waals surface area contributed by atoms with Gasteiger partial charge < -0.3 is 31.9 Å². The highest BCUT2D eigenvalue weighted by atomic mass is 16.3. The zero-order chi connectivity index (χ0) is 16.0. The van der Waals surface area contributed by atoms with Crippen molar-refractivity contribution in [3.05, 3.63) is 36.4 Å². The molecule has 0 spiro atoms. The zero-order valence-electron chi connectivity index (χ0n) is 11.4. The SMILES string of the molecule is Nc1c(-c2ccccc2)cc2c(O)c(O)c(O)c(O)c2c1N. The maximum atomic E-state index is 10.0. The molecule has 0 saturated heterocycles. The smallest absolute Gasteiger partial charge is 0.205 e. The molecule has 0 amide bonds. The topological polar surface area (TPSA) is 133 Å². The Morgan fingerprint density at radius 2 is 1.27 bits per heavy atom. The van der Waals surface area contributed by atoms with Gasteiger partial charge in [-0.25, -0.2) is 0 Å². The number of anilines is 2. The number of phenols is 4. The van der Waals surface area contributed by atoms with Crippen molar-refractivity contribution in [2.75, 3.05) is 11.5 Å². The Kier molecular flexibility index (Phi) is 2.88. The molecule has 6 heteroatoms. The third kappa shape index (κ3) is 1.74. The lowest BCUT2D eigenvalue weighted by Crippen LogP contribution is -1.99. The van der Waals surface area contributed by atoms with Gasteiger partial charge in [-0.05, 0) is 11.6 Å². The van der Waals surface area contributed by atoms with Crippen LogP contribution in [0.5, 0.6) is 23.0 Å². The first kappa shape index (κ1) is 13.7. The summed E-state index contributed by atoms with van der Waals surface area (Å²) in [6, 6.07) is 10.6. The average molecular weight is 298 g/mol. The van der Waals surface area contributed by atoms with E-state index in [1.54, 1.807) is 0 Å². The molecule has 8 N–H and O–H groups in total. The summed E-state index contributed by atoms with van der Waals surface area (Å²) >= 11 is 0. The average Bonchev–Trinajstić information content (AvgIpc) is 2.54. The molecule has 0 unspecified atom stereocenters. The van der Waals surface area contributed by atoms with Crippen molar-refractivity contribution < 1.29 is 20.4 Å². The number of aromatic hydroxyl groups is 4. The van der Waals surface area contributed by atoms with Crippen LogP contribution in [0.4, 0.5) is 11.4 Å². The maximum absolute atomic E-state index is 10.0. The van der Waals surface area contributed by atoms with Crippen LogP contribution in [-0.2, 0) is 0 Å². The number of phenolic OH excluding ortho intramolecular Hbond substituents is 4. The van der Waals surface area contributed by atoms with E-state index in [1.165, 1.54) is 6.07 Å². The van der Waals surface area contributed by atoms with Crippen molar-refractivity contribution in [2.24, 2.45) is 0 Å². The summed E-state index contributed by atoms with van der Waals surface area (Å²) in [7, 11) is 0. The highest BCUT2D eigenvalue weighted by molar-refractivity contribution is 6.11. The van der Waals surface area contributed by atoms with Crippen LogP contribution in [-0.4, -0.2) is 20.4 Å². The number of rotatable bonds is 1. The number of nitrogen functional groups attached to an aromatic ring is 2. The van der Waals surface area contributed by atoms with Crippen molar-refractivity contribution >= 4 is 22.1 Å². The fourth-order valence-electron chi connectivity index (χ4n) is 2.49. The first-order valence-electron chi connectivity index (χ1n) is 6.46. The molecule has 0 heterocycles. The quantitative estimate of drug-likeness (QED) is 0.232. The van der Waals surface area contributed by atoms with E-state index in [0.717, 1.165) is 5.56 Å². The Balaban J connectivity index is 2.48. The fourth-order valence-corrected chi connectivity index (χ4v) is 2.49. The first-order chi connectivity index (χ1) is 10.4. The van der Waals surface area contributed by atoms with E-state index < -0.39 is 23.0 Å². The second-order valence-electron chi connectivity index (χ2n) is 4.93. The molecule has 0 aromatic heterocycles. The summed E-state index contributed by atoms with van der Waals surface area (Å²) in [5.74, 6) is -2.86. The summed E-state index contributed by atoms with van der Waals surface area (Å²) in [6.07, 6.45) is 0. The molecule has 3 aromatic carbocycles. The highest BCUT2D eigenvalue weighted by Crippen LogP contribution is 2.52. The van der Waals surface area contributed by atoms with Gasteiger partial charge in [-0.1, -0.05) is 30.3 Å². The highest BCUT2D eigenvalue weighted by Gasteiger charge is 2.22. The number of hydrogen-bond donors (Lipinski definition) is 6. The van der Waals surface area contributed by atoms with E-state index in [1.807, 2.05) is 30.3 Å². The largest absolute Gasteiger partial charge is 0.504 e. The first-order valence-corrected chi connectivity index (χ1v) is 6.46. The van der Waals surface area contributed by atoms with E-state index in [9.17, 15) is 20.4 Å². The molecular formula is C16H14N2O4. The van der Waals surface area contributed by atoms with Crippen molar-refractivity contribution in [1.82, 2.24) is 0 Å². The molecule has 0 aliphatic heterocycles. The van der Waals surface area contributed by atoms with Crippen LogP contribution in [0.3, 0.4) is 0 Å². The van der Waals surface area contributed by atoms with Gasteiger partial charge in [0.2, 0.25) is 11.5 Å². The van der Waals surface area contributed by atoms with E-state index in [4.69, 9.17) is 11.5 Å². The van der Waals surface area contributed by atoms with Gasteiger partial charge >= 0.3 is 0 Å². The molecule has 3 aromatic rings. The van der Waals surface area contributed by atoms with E-state index in [0.29, 0.717) is 5.56 Å². The van der Waals surface area contributed by atoms with Crippen LogP contribution < -0.4 is 11.5 Å². The number of nitrogens with two attached hydrogens (primary N) is 2. The fraction of sp³-hybridized carbons (Fsp3) is 0. The molecule has 112 valence electrons. The molecule has 0 bridgehead atoms. The molecular weight excluding hydrogens is 284 g/mol. The Bertz CT molecular complexity index is 892. The zero-order valence-corrected chi connectivity index (χ0v) is 11.4. The third-order valence-corrected chi connectivity index (χ3v) is 3.66. The Hall–Kier alpha value is -3.28. The third-order valence-electron chi connectivity index (χ3n) is 3.66. The molecule has 22 heavy (non-hydrogen) atoms. The van der Waals surface area contributed by atoms with Gasteiger partial charge in [0, 0.05) is 10.9 Å². The molecule has 6 nitrogen and oxygen atoms in total. The standard InChI is InChI=1S/C16H14N2O4/c17-11-8(7-4-2-1-3-5-7)6-9-10(12(11)18)14(20)16(22)15(21)13(9)19/h1-6,19-22H,17-18H2. The van der Waals surface area contributed by atoms with Crippen LogP contribution in [0.2, 0.25) is 0 Å². The minimum atomic E-state index is -0.844. The van der Waals surface area contributed by atoms with Crippen molar-refractivity contribution in [2.45, 2.75) is 0 Å². The van der Waals surface area contributed by atoms with Gasteiger partial charge in [0.15, 0.2) is 11.5 Å². The Labute approximate surface area is 125 Å². The van der Waals surface area contributed by atoms with Crippen LogP contribution in [0.15, 0.2) is 36.4 Å². The van der Waals surface area contributed by atoms with E-state index in [2.05, 4.69) is 0 Å². The van der Waals surface area contributed by atoms with E-state index >= 15 is 0 Å². The van der Waals surface area contributed by atoms with Gasteiger partial charge in [-0.15, -0.1) is 0 Å². The maximum Gasteiger partial charge on any atom is 0.205 e. The number of hydrogen-bond acceptors (Lipinski definition) is 6. The van der Waals surface area contributed by atoms with Crippen molar-refractivity contribution in [1.29, 1.82) is 0 Å². The van der Waals surface area contributed by atoms with Gasteiger partial charge in [0.1, 0.15) is 0 Å². The number of fused-ring (bicyclic) bond motifs is 1. The van der Waals surface area contributed by atoms with Gasteiger partial charge in [0.25, 0.3) is 0 Å². The lowest BCUT2D eigenvalue weighted by molar-refractivity contribution is 0.351. The minimum absolute atomic E-state index is 0.00928. The summed E-state index contributed by atoms with van der Waals surface area (Å²) < 4.78 is 0. The summed E-state index contributed by atoms with van der Waals surface area (Å²) in [5.41, 5.74) is 13.5. The van der Waals surface area contributed by atoms with Gasteiger partial charge in [-0.2, -0.15) is 0 Å².